The fourth-order valence-corrected chi connectivity index (χ4v) is 6.99. The molecule has 4 rings (SSSR count). The molecule has 0 aromatic rings. The number of aliphatic hydroxyl groups is 2. The second-order valence-corrected chi connectivity index (χ2v) is 9.18. The van der Waals surface area contributed by atoms with Crippen LogP contribution in [0.2, 0.25) is 0 Å². The van der Waals surface area contributed by atoms with Gasteiger partial charge in [0.1, 0.15) is 5.78 Å². The van der Waals surface area contributed by atoms with Crippen molar-refractivity contribution < 1.29 is 15.0 Å². The van der Waals surface area contributed by atoms with Crippen molar-refractivity contribution in [2.24, 2.45) is 34.5 Å². The molecule has 124 valence electrons. The SMILES string of the molecule is C[C@]12CCC(=O)C[C@H]1C[C@@H](O)[C@@H]1[C@@H]2CC[C@]2(C)[C@@H](O)CC[C@@H]12. The lowest BCUT2D eigenvalue weighted by molar-refractivity contribution is -0.171. The zero-order chi connectivity index (χ0) is 15.7. The second-order valence-electron chi connectivity index (χ2n) is 9.18. The first-order valence-corrected chi connectivity index (χ1v) is 9.24. The summed E-state index contributed by atoms with van der Waals surface area (Å²) in [5, 5.41) is 21.4. The van der Waals surface area contributed by atoms with Gasteiger partial charge in [0, 0.05) is 12.8 Å². The normalized spacial score (nSPS) is 57.9. The van der Waals surface area contributed by atoms with Crippen LogP contribution in [0.5, 0.6) is 0 Å². The zero-order valence-electron chi connectivity index (χ0n) is 13.9. The average Bonchev–Trinajstić information content (AvgIpc) is 2.77. The highest BCUT2D eigenvalue weighted by Crippen LogP contribution is 2.65. The monoisotopic (exact) mass is 306 g/mol. The Kier molecular flexibility index (Phi) is 3.30. The van der Waals surface area contributed by atoms with Crippen LogP contribution >= 0.6 is 0 Å². The van der Waals surface area contributed by atoms with Gasteiger partial charge < -0.3 is 10.2 Å². The van der Waals surface area contributed by atoms with Gasteiger partial charge in [-0.25, -0.2) is 0 Å². The number of ketones is 1. The summed E-state index contributed by atoms with van der Waals surface area (Å²) in [7, 11) is 0. The summed E-state index contributed by atoms with van der Waals surface area (Å²) in [6.45, 7) is 4.64. The Balaban J connectivity index is 1.68. The number of aliphatic hydroxyl groups excluding tert-OH is 2. The van der Waals surface area contributed by atoms with E-state index in [9.17, 15) is 15.0 Å². The van der Waals surface area contributed by atoms with E-state index in [4.69, 9.17) is 0 Å². The Hall–Kier alpha value is -0.410. The van der Waals surface area contributed by atoms with Gasteiger partial charge >= 0.3 is 0 Å². The van der Waals surface area contributed by atoms with Gasteiger partial charge in [-0.05, 0) is 73.0 Å². The summed E-state index contributed by atoms with van der Waals surface area (Å²) in [4.78, 5) is 11.9. The number of carbonyl (C=O) groups excluding carboxylic acids is 1. The van der Waals surface area contributed by atoms with Crippen molar-refractivity contribution in [2.45, 2.75) is 77.4 Å². The summed E-state index contributed by atoms with van der Waals surface area (Å²) in [5.74, 6) is 2.11. The first-order chi connectivity index (χ1) is 10.4. The summed E-state index contributed by atoms with van der Waals surface area (Å²) in [6.07, 6.45) is 6.93. The van der Waals surface area contributed by atoms with Gasteiger partial charge in [-0.3, -0.25) is 4.79 Å². The van der Waals surface area contributed by atoms with Gasteiger partial charge in [-0.15, -0.1) is 0 Å². The first kappa shape index (κ1) is 15.1. The van der Waals surface area contributed by atoms with Crippen molar-refractivity contribution >= 4 is 5.78 Å². The van der Waals surface area contributed by atoms with Crippen molar-refractivity contribution in [2.75, 3.05) is 0 Å². The summed E-state index contributed by atoms with van der Waals surface area (Å²) >= 11 is 0. The molecule has 0 bridgehead atoms. The Morgan fingerprint density at radius 2 is 1.73 bits per heavy atom. The molecular formula is C19H30O3. The minimum Gasteiger partial charge on any atom is -0.393 e. The van der Waals surface area contributed by atoms with E-state index in [0.717, 1.165) is 44.9 Å². The van der Waals surface area contributed by atoms with Crippen LogP contribution in [0.25, 0.3) is 0 Å². The Morgan fingerprint density at radius 1 is 1.00 bits per heavy atom. The predicted octanol–water partition coefficient (Wildman–Crippen LogP) is 2.93. The lowest BCUT2D eigenvalue weighted by Crippen LogP contribution is -2.58. The molecule has 0 radical (unpaired) electrons. The summed E-state index contributed by atoms with van der Waals surface area (Å²) in [6, 6.07) is 0. The predicted molar refractivity (Wildman–Crippen MR) is 84.1 cm³/mol. The molecule has 4 aliphatic carbocycles. The molecule has 0 aromatic heterocycles. The number of hydrogen-bond acceptors (Lipinski definition) is 3. The van der Waals surface area contributed by atoms with Gasteiger partial charge in [0.05, 0.1) is 12.2 Å². The molecule has 0 unspecified atom stereocenters. The summed E-state index contributed by atoms with van der Waals surface area (Å²) < 4.78 is 0. The molecule has 22 heavy (non-hydrogen) atoms. The van der Waals surface area contributed by atoms with Gasteiger partial charge in [0.15, 0.2) is 0 Å². The standard InChI is InChI=1S/C19H30O3/c1-18-7-5-12(20)9-11(18)10-15(21)17-13-3-4-16(22)19(13,2)8-6-14(17)18/h11,13-17,21-22H,3-10H2,1-2H3/t11-,13-,14-,15+,16-,17-,18-,19-/m0/s1. The molecule has 0 heterocycles. The molecule has 3 heteroatoms. The van der Waals surface area contributed by atoms with Crippen molar-refractivity contribution in [3.8, 4) is 0 Å². The second kappa shape index (κ2) is 4.80. The van der Waals surface area contributed by atoms with Crippen molar-refractivity contribution in [1.29, 1.82) is 0 Å². The van der Waals surface area contributed by atoms with E-state index >= 15 is 0 Å². The van der Waals surface area contributed by atoms with Crippen LogP contribution in [0.1, 0.15) is 65.2 Å². The fraction of sp³-hybridized carbons (Fsp3) is 0.947. The maximum atomic E-state index is 11.9. The fourth-order valence-electron chi connectivity index (χ4n) is 6.99. The smallest absolute Gasteiger partial charge is 0.133 e. The number of hydrogen-bond donors (Lipinski definition) is 2. The third-order valence-corrected chi connectivity index (χ3v) is 8.45. The van der Waals surface area contributed by atoms with E-state index in [0.29, 0.717) is 35.9 Å². The van der Waals surface area contributed by atoms with Crippen molar-refractivity contribution in [3.63, 3.8) is 0 Å². The van der Waals surface area contributed by atoms with E-state index in [1.54, 1.807) is 0 Å². The third kappa shape index (κ3) is 1.84. The minimum absolute atomic E-state index is 0.00975. The number of rotatable bonds is 0. The van der Waals surface area contributed by atoms with Crippen molar-refractivity contribution in [1.82, 2.24) is 0 Å². The molecular weight excluding hydrogens is 276 g/mol. The molecule has 0 spiro atoms. The molecule has 0 aromatic carbocycles. The third-order valence-electron chi connectivity index (χ3n) is 8.45. The van der Waals surface area contributed by atoms with E-state index in [2.05, 4.69) is 13.8 Å². The van der Waals surface area contributed by atoms with Crippen LogP contribution < -0.4 is 0 Å². The molecule has 0 saturated heterocycles. The van der Waals surface area contributed by atoms with Crippen LogP contribution in [-0.4, -0.2) is 28.2 Å². The Morgan fingerprint density at radius 3 is 2.50 bits per heavy atom. The Labute approximate surface area is 133 Å². The van der Waals surface area contributed by atoms with Crippen LogP contribution in [0.4, 0.5) is 0 Å². The zero-order valence-corrected chi connectivity index (χ0v) is 13.9. The van der Waals surface area contributed by atoms with Crippen LogP contribution in [0.3, 0.4) is 0 Å². The lowest BCUT2D eigenvalue weighted by atomic mass is 9.44. The van der Waals surface area contributed by atoms with E-state index in [1.165, 1.54) is 0 Å². The van der Waals surface area contributed by atoms with Gasteiger partial charge in [-0.1, -0.05) is 13.8 Å². The Bertz CT molecular complexity index is 489. The number of Topliss-reactive ketones (excluding diaryl/α,β-unsaturated/α-hetero) is 1. The number of fused-ring (bicyclic) bond motifs is 5. The average molecular weight is 306 g/mol. The molecule has 4 aliphatic rings. The molecule has 0 aliphatic heterocycles. The van der Waals surface area contributed by atoms with Gasteiger partial charge in [0.25, 0.3) is 0 Å². The molecule has 0 amide bonds. The molecule has 3 nitrogen and oxygen atoms in total. The maximum absolute atomic E-state index is 11.9. The van der Waals surface area contributed by atoms with Crippen LogP contribution in [-0.2, 0) is 4.79 Å². The minimum atomic E-state index is -0.274. The molecule has 8 atom stereocenters. The topological polar surface area (TPSA) is 57.5 Å². The first-order valence-electron chi connectivity index (χ1n) is 9.24. The highest BCUT2D eigenvalue weighted by molar-refractivity contribution is 5.79. The van der Waals surface area contributed by atoms with E-state index < -0.39 is 0 Å². The van der Waals surface area contributed by atoms with Crippen LogP contribution in [0.15, 0.2) is 0 Å². The molecule has 2 N–H and O–H groups in total. The highest BCUT2D eigenvalue weighted by Gasteiger charge is 2.62. The van der Waals surface area contributed by atoms with Gasteiger partial charge in [0.2, 0.25) is 0 Å². The van der Waals surface area contributed by atoms with Crippen LogP contribution in [0, 0.1) is 34.5 Å². The lowest BCUT2D eigenvalue weighted by Gasteiger charge is -2.61. The largest absolute Gasteiger partial charge is 0.393 e. The van der Waals surface area contributed by atoms with Gasteiger partial charge in [-0.2, -0.15) is 0 Å². The quantitative estimate of drug-likeness (QED) is 0.723. The highest BCUT2D eigenvalue weighted by atomic mass is 16.3. The molecule has 4 saturated carbocycles. The van der Waals surface area contributed by atoms with E-state index in [-0.39, 0.29) is 23.0 Å². The maximum Gasteiger partial charge on any atom is 0.133 e. The van der Waals surface area contributed by atoms with Crippen molar-refractivity contribution in [3.05, 3.63) is 0 Å². The van der Waals surface area contributed by atoms with E-state index in [1.807, 2.05) is 0 Å². The summed E-state index contributed by atoms with van der Waals surface area (Å²) in [5.41, 5.74) is 0.239. The molecule has 4 fully saturated rings. The number of carbonyl (C=O) groups is 1.